The van der Waals surface area contributed by atoms with Crippen molar-refractivity contribution in [2.75, 3.05) is 16.8 Å². The van der Waals surface area contributed by atoms with Crippen molar-refractivity contribution in [3.63, 3.8) is 0 Å². The summed E-state index contributed by atoms with van der Waals surface area (Å²) in [5.41, 5.74) is 7.42. The Bertz CT molecular complexity index is 918. The molecule has 0 fully saturated rings. The van der Waals surface area contributed by atoms with Crippen LogP contribution in [0.25, 0.3) is 0 Å². The van der Waals surface area contributed by atoms with Gasteiger partial charge in [0.05, 0.1) is 0 Å². The van der Waals surface area contributed by atoms with E-state index >= 15 is 0 Å². The first-order valence-electron chi connectivity index (χ1n) is 10.0. The summed E-state index contributed by atoms with van der Waals surface area (Å²) in [6.45, 7) is 0. The first-order valence-corrected chi connectivity index (χ1v) is 15.2. The number of hydrogen-bond acceptors (Lipinski definition) is 8. The van der Waals surface area contributed by atoms with Crippen molar-refractivity contribution in [2.24, 2.45) is 5.73 Å². The zero-order valence-corrected chi connectivity index (χ0v) is 21.8. The van der Waals surface area contributed by atoms with Gasteiger partial charge in [-0.1, -0.05) is 0 Å². The van der Waals surface area contributed by atoms with E-state index in [4.69, 9.17) is 27.5 Å². The van der Waals surface area contributed by atoms with E-state index < -0.39 is 63.0 Å². The Morgan fingerprint density at radius 1 is 1.12 bits per heavy atom. The summed E-state index contributed by atoms with van der Waals surface area (Å²) < 4.78 is 10.5. The molecule has 0 aromatic heterocycles. The van der Waals surface area contributed by atoms with E-state index in [1.165, 1.54) is 0 Å². The third-order valence-corrected chi connectivity index (χ3v) is 7.94. The topological polar surface area (TPSA) is 196 Å². The van der Waals surface area contributed by atoms with Gasteiger partial charge in [-0.25, -0.2) is 0 Å². The average Bonchev–Trinajstić information content (AvgIpc) is 2.76. The van der Waals surface area contributed by atoms with Gasteiger partial charge in [0.15, 0.2) is 0 Å². The van der Waals surface area contributed by atoms with Crippen LogP contribution in [0.1, 0.15) is 25.7 Å². The van der Waals surface area contributed by atoms with Crippen molar-refractivity contribution < 1.29 is 38.3 Å². The molecule has 11 nitrogen and oxygen atoms in total. The van der Waals surface area contributed by atoms with E-state index in [0.717, 1.165) is 11.8 Å². The monoisotopic (exact) mass is 579 g/mol. The summed E-state index contributed by atoms with van der Waals surface area (Å²) in [4.78, 5) is 58.4. The maximum atomic E-state index is 12.4. The second-order valence-corrected chi connectivity index (χ2v) is 11.9. The van der Waals surface area contributed by atoms with Crippen LogP contribution in [0.15, 0.2) is 18.2 Å². The number of ketones is 1. The van der Waals surface area contributed by atoms with E-state index in [-0.39, 0.29) is 30.8 Å². The molecule has 0 aliphatic carbocycles. The molecule has 0 saturated carbocycles. The van der Waals surface area contributed by atoms with Crippen LogP contribution in [-0.2, 0) is 24.0 Å². The second kappa shape index (κ2) is 15.0. The number of rotatable bonds is 15. The summed E-state index contributed by atoms with van der Waals surface area (Å²) in [7, 11) is 0. The van der Waals surface area contributed by atoms with E-state index in [1.807, 2.05) is 0 Å². The van der Waals surface area contributed by atoms with E-state index in [0.29, 0.717) is 15.1 Å². The van der Waals surface area contributed by atoms with Gasteiger partial charge < -0.3 is 15.9 Å². The summed E-state index contributed by atoms with van der Waals surface area (Å²) in [6.07, 6.45) is -1.10. The Morgan fingerprint density at radius 2 is 1.79 bits per heavy atom. The number of carbonyl (C=O) groups excluding carboxylic acids is 3. The molecule has 7 N–H and O–H groups in total. The molecule has 0 radical (unpaired) electrons. The number of anilines is 1. The number of aliphatic carboxylic acids is 2. The molecule has 1 aromatic rings. The molecule has 0 aliphatic heterocycles. The number of thioether (sulfide) groups is 1. The van der Waals surface area contributed by atoms with Crippen molar-refractivity contribution in [2.45, 2.75) is 43.5 Å². The molecular formula is C20H27AsClN3O8S. The summed E-state index contributed by atoms with van der Waals surface area (Å²) in [5.74, 6) is -4.08. The first-order chi connectivity index (χ1) is 15.9. The number of halogens is 1. The van der Waals surface area contributed by atoms with Crippen LogP contribution >= 0.6 is 23.4 Å². The molecule has 0 aliphatic rings. The molecule has 1 rings (SSSR count). The van der Waals surface area contributed by atoms with Crippen LogP contribution in [0.3, 0.4) is 0 Å². The quantitative estimate of drug-likeness (QED) is 0.153. The van der Waals surface area contributed by atoms with Crippen LogP contribution in [0.5, 0.6) is 0 Å². The van der Waals surface area contributed by atoms with Crippen LogP contribution in [0.4, 0.5) is 5.69 Å². The molecule has 34 heavy (non-hydrogen) atoms. The first kappa shape index (κ1) is 29.9. The Labute approximate surface area is 210 Å². The number of benzene rings is 1. The van der Waals surface area contributed by atoms with Crippen molar-refractivity contribution in [3.05, 3.63) is 23.2 Å². The number of hydrogen-bond donors (Lipinski definition) is 6. The fourth-order valence-corrected chi connectivity index (χ4v) is 4.88. The van der Waals surface area contributed by atoms with Gasteiger partial charge in [-0.05, 0) is 6.42 Å². The number of carboxylic acids is 2. The van der Waals surface area contributed by atoms with Gasteiger partial charge in [-0.3, -0.25) is 9.59 Å². The fourth-order valence-electron chi connectivity index (χ4n) is 2.56. The molecule has 188 valence electrons. The van der Waals surface area contributed by atoms with Crippen molar-refractivity contribution in [1.29, 1.82) is 0 Å². The molecular weight excluding hydrogens is 553 g/mol. The number of nitrogens with two attached hydrogens (primary N) is 1. The van der Waals surface area contributed by atoms with Gasteiger partial charge in [0, 0.05) is 0 Å². The van der Waals surface area contributed by atoms with Gasteiger partial charge in [-0.2, -0.15) is 0 Å². The van der Waals surface area contributed by atoms with E-state index in [9.17, 15) is 28.1 Å². The van der Waals surface area contributed by atoms with Crippen LogP contribution in [-0.4, -0.2) is 82.4 Å². The van der Waals surface area contributed by atoms with Crippen LogP contribution in [0.2, 0.25) is 10.7 Å². The summed E-state index contributed by atoms with van der Waals surface area (Å²) >= 11 is 4.97. The van der Waals surface area contributed by atoms with Crippen molar-refractivity contribution in [3.8, 4) is 0 Å². The number of Topliss-reactive ketones (excluding diaryl/α,β-unsaturated/α-hetero) is 1. The summed E-state index contributed by atoms with van der Waals surface area (Å²) in [6, 6.07) is 2.58. The Morgan fingerprint density at radius 3 is 2.38 bits per heavy atom. The van der Waals surface area contributed by atoms with Gasteiger partial charge >= 0.3 is 173 Å². The zero-order valence-electron chi connectivity index (χ0n) is 18.3. The molecule has 2 amide bonds. The third-order valence-electron chi connectivity index (χ3n) is 4.42. The normalized spacial score (nSPS) is 13.4. The van der Waals surface area contributed by atoms with Gasteiger partial charge in [0.2, 0.25) is 0 Å². The minimum absolute atomic E-state index is 0.00268. The molecule has 14 heteroatoms. The van der Waals surface area contributed by atoms with Crippen molar-refractivity contribution in [1.82, 2.24) is 5.32 Å². The maximum absolute atomic E-state index is 12.4. The Kier molecular flexibility index (Phi) is 13.2. The van der Waals surface area contributed by atoms with E-state index in [2.05, 4.69) is 10.6 Å². The minimum atomic E-state index is -2.16. The van der Waals surface area contributed by atoms with Crippen LogP contribution in [0, 0.1) is 0 Å². The molecule has 0 spiro atoms. The molecule has 3 unspecified atom stereocenters. The Balaban J connectivity index is 2.69. The van der Waals surface area contributed by atoms with Gasteiger partial charge in [0.1, 0.15) is 6.04 Å². The average molecular weight is 580 g/mol. The predicted molar refractivity (Wildman–Crippen MR) is 130 cm³/mol. The van der Waals surface area contributed by atoms with E-state index in [1.54, 1.807) is 23.9 Å². The molecule has 0 bridgehead atoms. The standard InChI is InChI=1S/C20H27AsClN3O8S/c1-21(33)11-2-3-12(22)14(8-11)24-18(28)10-34-9-15(16(26)5-7-19(29)30)25-17(27)6-4-13(23)20(31)32/h2-3,8,13,15,33H,4-7,9-10,23H2,1H3,(H,24,28)(H,25,27)(H,29,30)(H,31,32). The number of carboxylic acid groups (broad SMARTS) is 2. The molecule has 3 atom stereocenters. The third kappa shape index (κ3) is 11.3. The predicted octanol–water partition coefficient (Wildman–Crippen LogP) is -0.0569. The SMILES string of the molecule is C[As](O)c1ccc(Cl)c(NC(=O)CSCC(NC(=O)CCC(N)C(=O)O)C(=O)CCC(=O)O)c1. The summed E-state index contributed by atoms with van der Waals surface area (Å²) in [5, 5.41) is 23.0. The Hall–Kier alpha value is -2.11. The number of amides is 2. The zero-order chi connectivity index (χ0) is 25.8. The molecule has 0 saturated heterocycles. The van der Waals surface area contributed by atoms with Gasteiger partial charge in [0.25, 0.3) is 0 Å². The number of nitrogens with one attached hydrogen (secondary N) is 2. The van der Waals surface area contributed by atoms with Crippen LogP contribution < -0.4 is 20.7 Å². The molecule has 1 aromatic carbocycles. The fraction of sp³-hybridized carbons (Fsp3) is 0.450. The van der Waals surface area contributed by atoms with Gasteiger partial charge in [-0.15, -0.1) is 0 Å². The molecule has 0 heterocycles. The second-order valence-electron chi connectivity index (χ2n) is 7.21. The number of carbonyl (C=O) groups is 5. The van der Waals surface area contributed by atoms with Crippen molar-refractivity contribution >= 4 is 77.9 Å².